The molecule has 0 radical (unpaired) electrons. The average molecular weight is 301 g/mol. The lowest BCUT2D eigenvalue weighted by atomic mass is 10.1. The summed E-state index contributed by atoms with van der Waals surface area (Å²) in [6.07, 6.45) is 7.01. The van der Waals surface area contributed by atoms with Crippen LogP contribution in [0.4, 0.5) is 5.69 Å². The van der Waals surface area contributed by atoms with Gasteiger partial charge in [0, 0.05) is 11.1 Å². The average Bonchev–Trinajstić information content (AvgIpc) is 2.96. The molecule has 4 heteroatoms. The number of aromatic nitrogens is 2. The van der Waals surface area contributed by atoms with Crippen LogP contribution < -0.4 is 5.32 Å². The predicted octanol–water partition coefficient (Wildman–Crippen LogP) is 3.41. The van der Waals surface area contributed by atoms with E-state index < -0.39 is 0 Å². The monoisotopic (exact) mass is 301 g/mol. The molecule has 112 valence electrons. The Bertz CT molecular complexity index is 888. The topological polar surface area (TPSA) is 46.9 Å². The number of hydrogen-bond acceptors (Lipinski definition) is 2. The van der Waals surface area contributed by atoms with Gasteiger partial charge >= 0.3 is 0 Å². The number of para-hydroxylation sites is 1. The fourth-order valence-corrected chi connectivity index (χ4v) is 2.31. The molecule has 2 aromatic carbocycles. The van der Waals surface area contributed by atoms with E-state index >= 15 is 0 Å². The first-order chi connectivity index (χ1) is 11.2. The van der Waals surface area contributed by atoms with E-state index in [2.05, 4.69) is 16.3 Å². The summed E-state index contributed by atoms with van der Waals surface area (Å²) >= 11 is 0. The zero-order valence-corrected chi connectivity index (χ0v) is 12.7. The number of carbonyl (C=O) groups is 1. The maximum atomic E-state index is 12.4. The number of nitrogens with one attached hydrogen (secondary N) is 1. The molecule has 23 heavy (non-hydrogen) atoms. The molecule has 1 heterocycles. The number of hydrogen-bond donors (Lipinski definition) is 1. The maximum absolute atomic E-state index is 12.4. The van der Waals surface area contributed by atoms with E-state index in [0.29, 0.717) is 16.8 Å². The summed E-state index contributed by atoms with van der Waals surface area (Å²) in [5, 5.41) is 7.21. The second-order valence-corrected chi connectivity index (χ2v) is 5.07. The quantitative estimate of drug-likeness (QED) is 0.754. The van der Waals surface area contributed by atoms with Crippen molar-refractivity contribution in [3.05, 3.63) is 77.6 Å². The molecule has 0 saturated heterocycles. The Morgan fingerprint density at radius 2 is 1.96 bits per heavy atom. The highest BCUT2D eigenvalue weighted by Crippen LogP contribution is 2.19. The zero-order valence-electron chi connectivity index (χ0n) is 12.7. The number of rotatable bonds is 3. The minimum atomic E-state index is -0.210. The summed E-state index contributed by atoms with van der Waals surface area (Å²) in [6, 6.07) is 16.7. The van der Waals surface area contributed by atoms with E-state index in [1.807, 2.05) is 37.3 Å². The van der Waals surface area contributed by atoms with Crippen LogP contribution in [0.15, 0.2) is 60.8 Å². The molecule has 0 aliphatic carbocycles. The van der Waals surface area contributed by atoms with Crippen LogP contribution in [0.1, 0.15) is 21.6 Å². The highest BCUT2D eigenvalue weighted by atomic mass is 16.1. The third-order valence-corrected chi connectivity index (χ3v) is 3.55. The van der Waals surface area contributed by atoms with Gasteiger partial charge in [0.1, 0.15) is 0 Å². The Morgan fingerprint density at radius 1 is 1.17 bits per heavy atom. The summed E-state index contributed by atoms with van der Waals surface area (Å²) in [7, 11) is 0. The van der Waals surface area contributed by atoms with E-state index in [-0.39, 0.29) is 5.91 Å². The summed E-state index contributed by atoms with van der Waals surface area (Å²) in [5.41, 5.74) is 3.67. The Kier molecular flexibility index (Phi) is 3.94. The van der Waals surface area contributed by atoms with Crippen LogP contribution in [0.5, 0.6) is 0 Å². The van der Waals surface area contributed by atoms with Crippen molar-refractivity contribution >= 4 is 11.6 Å². The minimum Gasteiger partial charge on any atom is -0.319 e. The van der Waals surface area contributed by atoms with E-state index in [4.69, 9.17) is 6.42 Å². The van der Waals surface area contributed by atoms with Crippen LogP contribution in [0.25, 0.3) is 5.69 Å². The lowest BCUT2D eigenvalue weighted by Crippen LogP contribution is -2.12. The molecular weight excluding hydrogens is 286 g/mol. The molecule has 0 bridgehead atoms. The first-order valence-corrected chi connectivity index (χ1v) is 7.17. The Balaban J connectivity index is 1.85. The zero-order chi connectivity index (χ0) is 16.2. The molecule has 3 aromatic rings. The van der Waals surface area contributed by atoms with E-state index in [1.165, 1.54) is 0 Å². The number of nitrogens with zero attached hydrogens (tertiary/aromatic N) is 2. The van der Waals surface area contributed by atoms with Crippen LogP contribution in [0.3, 0.4) is 0 Å². The number of terminal acetylenes is 1. The number of carbonyl (C=O) groups excluding carboxylic acids is 1. The molecule has 0 aliphatic rings. The van der Waals surface area contributed by atoms with Crippen LogP contribution in [0, 0.1) is 19.3 Å². The molecule has 1 N–H and O–H groups in total. The highest BCUT2D eigenvalue weighted by Gasteiger charge is 2.12. The second kappa shape index (κ2) is 6.20. The van der Waals surface area contributed by atoms with Gasteiger partial charge in [-0.05, 0) is 37.3 Å². The van der Waals surface area contributed by atoms with Crippen molar-refractivity contribution in [1.29, 1.82) is 0 Å². The first kappa shape index (κ1) is 14.6. The summed E-state index contributed by atoms with van der Waals surface area (Å²) in [6.45, 7) is 1.91. The second-order valence-electron chi connectivity index (χ2n) is 5.07. The van der Waals surface area contributed by atoms with Crippen LogP contribution in [0.2, 0.25) is 0 Å². The molecule has 1 amide bonds. The van der Waals surface area contributed by atoms with Crippen molar-refractivity contribution in [3.63, 3.8) is 0 Å². The molecule has 0 saturated carbocycles. The summed E-state index contributed by atoms with van der Waals surface area (Å²) in [4.78, 5) is 12.4. The van der Waals surface area contributed by atoms with Gasteiger partial charge in [-0.25, -0.2) is 4.68 Å². The van der Waals surface area contributed by atoms with Gasteiger partial charge in [0.05, 0.1) is 23.3 Å². The van der Waals surface area contributed by atoms with Gasteiger partial charge in [-0.2, -0.15) is 5.10 Å². The first-order valence-electron chi connectivity index (χ1n) is 7.17. The molecule has 0 fully saturated rings. The molecule has 0 spiro atoms. The Labute approximate surface area is 134 Å². The van der Waals surface area contributed by atoms with Gasteiger partial charge in [0.2, 0.25) is 0 Å². The van der Waals surface area contributed by atoms with E-state index in [1.54, 1.807) is 35.1 Å². The Morgan fingerprint density at radius 3 is 2.70 bits per heavy atom. The lowest BCUT2D eigenvalue weighted by Gasteiger charge is -2.07. The fourth-order valence-electron chi connectivity index (χ4n) is 2.31. The SMILES string of the molecule is C#Cc1cccc(C(=O)Nc2cnn(-c3ccccc3)c2C)c1. The third kappa shape index (κ3) is 2.99. The van der Waals surface area contributed by atoms with Gasteiger partial charge < -0.3 is 5.32 Å². The Hall–Kier alpha value is -3.32. The molecule has 4 nitrogen and oxygen atoms in total. The fraction of sp³-hybridized carbons (Fsp3) is 0.0526. The summed E-state index contributed by atoms with van der Waals surface area (Å²) in [5.74, 6) is 2.32. The molecule has 3 rings (SSSR count). The third-order valence-electron chi connectivity index (χ3n) is 3.55. The van der Waals surface area contributed by atoms with Crippen molar-refractivity contribution in [2.24, 2.45) is 0 Å². The molecule has 0 unspecified atom stereocenters. The number of benzene rings is 2. The van der Waals surface area contributed by atoms with Gasteiger partial charge in [-0.3, -0.25) is 4.79 Å². The van der Waals surface area contributed by atoms with Gasteiger partial charge in [-0.1, -0.05) is 30.2 Å². The molecule has 1 aromatic heterocycles. The minimum absolute atomic E-state index is 0.210. The highest BCUT2D eigenvalue weighted by molar-refractivity contribution is 6.04. The molecule has 0 atom stereocenters. The largest absolute Gasteiger partial charge is 0.319 e. The van der Waals surface area contributed by atoms with Crippen molar-refractivity contribution in [2.75, 3.05) is 5.32 Å². The van der Waals surface area contributed by atoms with Crippen molar-refractivity contribution in [3.8, 4) is 18.0 Å². The number of anilines is 1. The van der Waals surface area contributed by atoms with Gasteiger partial charge in [0.25, 0.3) is 5.91 Å². The standard InChI is InChI=1S/C19H15N3O/c1-3-15-8-7-9-16(12-15)19(23)21-18-13-20-22(14(18)2)17-10-5-4-6-11-17/h1,4-13H,2H3,(H,21,23). The predicted molar refractivity (Wildman–Crippen MR) is 90.6 cm³/mol. The summed E-state index contributed by atoms with van der Waals surface area (Å²) < 4.78 is 1.79. The maximum Gasteiger partial charge on any atom is 0.255 e. The van der Waals surface area contributed by atoms with Crippen molar-refractivity contribution in [2.45, 2.75) is 6.92 Å². The van der Waals surface area contributed by atoms with Crippen molar-refractivity contribution in [1.82, 2.24) is 9.78 Å². The molecule has 0 aliphatic heterocycles. The normalized spacial score (nSPS) is 10.1. The van der Waals surface area contributed by atoms with Gasteiger partial charge in [-0.15, -0.1) is 6.42 Å². The van der Waals surface area contributed by atoms with E-state index in [0.717, 1.165) is 11.4 Å². The van der Waals surface area contributed by atoms with Crippen LogP contribution in [-0.4, -0.2) is 15.7 Å². The number of amides is 1. The van der Waals surface area contributed by atoms with Crippen LogP contribution in [-0.2, 0) is 0 Å². The van der Waals surface area contributed by atoms with Crippen molar-refractivity contribution < 1.29 is 4.79 Å². The molecular formula is C19H15N3O. The lowest BCUT2D eigenvalue weighted by molar-refractivity contribution is 0.102. The smallest absolute Gasteiger partial charge is 0.255 e. The van der Waals surface area contributed by atoms with Crippen LogP contribution >= 0.6 is 0 Å². The van der Waals surface area contributed by atoms with E-state index in [9.17, 15) is 4.79 Å². The van der Waals surface area contributed by atoms with Gasteiger partial charge in [0.15, 0.2) is 0 Å².